The number of hydrogen-bond acceptors (Lipinski definition) is 6. The van der Waals surface area contributed by atoms with Gasteiger partial charge < -0.3 is 19.5 Å². The van der Waals surface area contributed by atoms with Crippen LogP contribution in [0.4, 0.5) is 18.0 Å². The number of benzene rings is 1. The molecule has 2 saturated carbocycles. The lowest BCUT2D eigenvalue weighted by molar-refractivity contribution is -0.140. The summed E-state index contributed by atoms with van der Waals surface area (Å²) in [6, 6.07) is 5.11. The zero-order valence-corrected chi connectivity index (χ0v) is 22.5. The summed E-state index contributed by atoms with van der Waals surface area (Å²) < 4.78 is 50.6. The Morgan fingerprint density at radius 1 is 1.03 bits per heavy atom. The molecule has 2 heterocycles. The molecule has 2 aliphatic carbocycles. The maximum absolute atomic E-state index is 14.1. The number of nitrogens with zero attached hydrogens (tertiary/aromatic N) is 3. The average molecular weight is 549 g/mol. The number of halogens is 3. The van der Waals surface area contributed by atoms with Crippen molar-refractivity contribution < 1.29 is 32.0 Å². The van der Waals surface area contributed by atoms with Gasteiger partial charge in [0.2, 0.25) is 11.8 Å². The first-order valence-electron chi connectivity index (χ1n) is 13.6. The van der Waals surface area contributed by atoms with Crippen LogP contribution in [-0.4, -0.2) is 51.3 Å². The Morgan fingerprint density at radius 3 is 2.26 bits per heavy atom. The van der Waals surface area contributed by atoms with Gasteiger partial charge in [0.25, 0.3) is 0 Å². The quantitative estimate of drug-likeness (QED) is 0.500. The fraction of sp³-hybridized carbons (Fsp3) is 0.643. The van der Waals surface area contributed by atoms with Crippen LogP contribution in [-0.2, 0) is 15.7 Å². The number of aromatic nitrogens is 2. The number of carbonyl (C=O) groups is 2. The lowest BCUT2D eigenvalue weighted by atomic mass is 9.82. The van der Waals surface area contributed by atoms with Crippen molar-refractivity contribution in [2.24, 2.45) is 0 Å². The summed E-state index contributed by atoms with van der Waals surface area (Å²) >= 11 is 0. The molecule has 2 amide bonds. The van der Waals surface area contributed by atoms with Crippen LogP contribution in [0.25, 0.3) is 0 Å². The molecule has 2 unspecified atom stereocenters. The first-order chi connectivity index (χ1) is 18.3. The molecule has 1 aliphatic heterocycles. The Hall–Kier alpha value is -3.11. The number of ether oxygens (including phenoxy) is 1. The van der Waals surface area contributed by atoms with Gasteiger partial charge in [-0.15, -0.1) is 0 Å². The first-order valence-corrected chi connectivity index (χ1v) is 13.6. The predicted octanol–water partition coefficient (Wildman–Crippen LogP) is 5.90. The van der Waals surface area contributed by atoms with Crippen LogP contribution in [0, 0.1) is 0 Å². The van der Waals surface area contributed by atoms with E-state index in [1.807, 2.05) is 0 Å². The Balaban J connectivity index is 1.42. The highest BCUT2D eigenvalue weighted by atomic mass is 19.4. The number of piperidine rings is 1. The summed E-state index contributed by atoms with van der Waals surface area (Å²) in [4.78, 5) is 33.2. The number of nitrogens with one attached hydrogen (secondary N) is 1. The largest absolute Gasteiger partial charge is 0.444 e. The molecule has 212 valence electrons. The Bertz CT molecular complexity index is 1190. The maximum Gasteiger partial charge on any atom is 0.416 e. The third-order valence-corrected chi connectivity index (χ3v) is 7.80. The Kier molecular flexibility index (Phi) is 7.13. The van der Waals surface area contributed by atoms with E-state index in [0.717, 1.165) is 37.8 Å². The zero-order chi connectivity index (χ0) is 28.0. The summed E-state index contributed by atoms with van der Waals surface area (Å²) in [5, 5.41) is 7.01. The number of alkyl carbamates (subject to hydrolysis) is 1. The number of amides is 2. The number of likely N-dealkylation sites (tertiary alicyclic amines) is 1. The van der Waals surface area contributed by atoms with Gasteiger partial charge in [0.15, 0.2) is 5.82 Å². The standard InChI is InChI=1S/C28H35F3N4O4/c1-26(2,3)38-25(37)33-27(12-4-5-13-27)24(36)35-15-19(17-8-10-21(11-9-17)28(29,30)31)14-20(16-35)23-32-22(34-39-23)18-6-7-18/h8-11,18-20H,4-7,12-16H2,1-3H3,(H,33,37). The second-order valence-corrected chi connectivity index (χ2v) is 12.1. The predicted molar refractivity (Wildman–Crippen MR) is 135 cm³/mol. The fourth-order valence-electron chi connectivity index (χ4n) is 5.72. The monoisotopic (exact) mass is 548 g/mol. The molecule has 0 bridgehead atoms. The number of hydrogen-bond donors (Lipinski definition) is 1. The lowest BCUT2D eigenvalue weighted by Crippen LogP contribution is -2.60. The van der Waals surface area contributed by atoms with Crippen LogP contribution >= 0.6 is 0 Å². The Morgan fingerprint density at radius 2 is 1.67 bits per heavy atom. The molecular weight excluding hydrogens is 513 g/mol. The molecule has 1 aromatic carbocycles. The molecule has 8 nitrogen and oxygen atoms in total. The van der Waals surface area contributed by atoms with Gasteiger partial charge in [0.05, 0.1) is 11.5 Å². The van der Waals surface area contributed by atoms with Gasteiger partial charge in [0, 0.05) is 24.9 Å². The average Bonchev–Trinajstić information content (AvgIpc) is 3.40. The molecule has 0 radical (unpaired) electrons. The summed E-state index contributed by atoms with van der Waals surface area (Å²) in [6.45, 7) is 5.92. The van der Waals surface area contributed by atoms with E-state index >= 15 is 0 Å². The van der Waals surface area contributed by atoms with Crippen LogP contribution < -0.4 is 5.32 Å². The van der Waals surface area contributed by atoms with Crippen LogP contribution in [0.5, 0.6) is 0 Å². The van der Waals surface area contributed by atoms with Crippen molar-refractivity contribution in [2.75, 3.05) is 13.1 Å². The molecule has 11 heteroatoms. The highest BCUT2D eigenvalue weighted by Crippen LogP contribution is 2.42. The van der Waals surface area contributed by atoms with Gasteiger partial charge >= 0.3 is 12.3 Å². The molecule has 1 aromatic heterocycles. The van der Waals surface area contributed by atoms with E-state index in [2.05, 4.69) is 15.5 Å². The van der Waals surface area contributed by atoms with Crippen molar-refractivity contribution in [2.45, 2.75) is 101 Å². The van der Waals surface area contributed by atoms with E-state index in [-0.39, 0.29) is 17.7 Å². The lowest BCUT2D eigenvalue weighted by Gasteiger charge is -2.41. The van der Waals surface area contributed by atoms with Crippen LogP contribution in [0.1, 0.15) is 106 Å². The number of carbonyl (C=O) groups excluding carboxylic acids is 2. The number of rotatable bonds is 5. The smallest absolute Gasteiger partial charge is 0.416 e. The fourth-order valence-corrected chi connectivity index (χ4v) is 5.72. The summed E-state index contributed by atoms with van der Waals surface area (Å²) in [7, 11) is 0. The van der Waals surface area contributed by atoms with E-state index in [4.69, 9.17) is 9.26 Å². The summed E-state index contributed by atoms with van der Waals surface area (Å²) in [5.74, 6) is 0.662. The van der Waals surface area contributed by atoms with Crippen LogP contribution in [0.3, 0.4) is 0 Å². The Labute approximate surface area is 225 Å². The van der Waals surface area contributed by atoms with Gasteiger partial charge in [-0.2, -0.15) is 18.2 Å². The second kappa shape index (κ2) is 10.1. The highest BCUT2D eigenvalue weighted by Gasteiger charge is 2.48. The van der Waals surface area contributed by atoms with E-state index in [0.29, 0.717) is 55.5 Å². The van der Waals surface area contributed by atoms with Crippen molar-refractivity contribution in [3.05, 3.63) is 47.1 Å². The topological polar surface area (TPSA) is 97.6 Å². The van der Waals surface area contributed by atoms with Gasteiger partial charge in [0.1, 0.15) is 11.1 Å². The molecule has 0 spiro atoms. The van der Waals surface area contributed by atoms with Gasteiger partial charge in [-0.05, 0) is 70.6 Å². The molecule has 5 rings (SSSR count). The molecule has 3 fully saturated rings. The molecular formula is C28H35F3N4O4. The van der Waals surface area contributed by atoms with E-state index in [9.17, 15) is 22.8 Å². The third kappa shape index (κ3) is 6.22. The number of alkyl halides is 3. The summed E-state index contributed by atoms with van der Waals surface area (Å²) in [5.41, 5.74) is -1.83. The van der Waals surface area contributed by atoms with E-state index in [1.54, 1.807) is 25.7 Å². The molecule has 2 atom stereocenters. The summed E-state index contributed by atoms with van der Waals surface area (Å²) in [6.07, 6.45) is 0.0618. The SMILES string of the molecule is CC(C)(C)OC(=O)NC1(C(=O)N2CC(c3ccc(C(F)(F)F)cc3)CC(c3nc(C4CC4)no3)C2)CCCC1. The van der Waals surface area contributed by atoms with Crippen molar-refractivity contribution in [3.63, 3.8) is 0 Å². The van der Waals surface area contributed by atoms with Gasteiger partial charge in [-0.3, -0.25) is 4.79 Å². The first kappa shape index (κ1) is 27.5. The zero-order valence-electron chi connectivity index (χ0n) is 22.5. The van der Waals surface area contributed by atoms with Crippen LogP contribution in [0.2, 0.25) is 0 Å². The molecule has 1 N–H and O–H groups in total. The van der Waals surface area contributed by atoms with Crippen molar-refractivity contribution in [1.82, 2.24) is 20.4 Å². The van der Waals surface area contributed by atoms with Gasteiger partial charge in [-0.1, -0.05) is 30.1 Å². The second-order valence-electron chi connectivity index (χ2n) is 12.1. The highest BCUT2D eigenvalue weighted by molar-refractivity contribution is 5.90. The van der Waals surface area contributed by atoms with Crippen molar-refractivity contribution in [1.29, 1.82) is 0 Å². The van der Waals surface area contributed by atoms with Gasteiger partial charge in [-0.25, -0.2) is 4.79 Å². The molecule has 39 heavy (non-hydrogen) atoms. The third-order valence-electron chi connectivity index (χ3n) is 7.80. The molecule has 2 aromatic rings. The molecule has 1 saturated heterocycles. The van der Waals surface area contributed by atoms with E-state index in [1.165, 1.54) is 12.1 Å². The minimum Gasteiger partial charge on any atom is -0.444 e. The van der Waals surface area contributed by atoms with E-state index < -0.39 is 29.0 Å². The van der Waals surface area contributed by atoms with Crippen molar-refractivity contribution >= 4 is 12.0 Å². The van der Waals surface area contributed by atoms with Crippen LogP contribution in [0.15, 0.2) is 28.8 Å². The minimum absolute atomic E-state index is 0.214. The molecule has 3 aliphatic rings. The normalized spacial score (nSPS) is 23.5. The van der Waals surface area contributed by atoms with Crippen molar-refractivity contribution in [3.8, 4) is 0 Å². The minimum atomic E-state index is -4.43. The maximum atomic E-state index is 14.1.